The molecule has 1 fully saturated rings. The van der Waals surface area contributed by atoms with E-state index in [9.17, 15) is 8.42 Å². The van der Waals surface area contributed by atoms with E-state index in [2.05, 4.69) is 9.71 Å². The Morgan fingerprint density at radius 2 is 1.90 bits per heavy atom. The summed E-state index contributed by atoms with van der Waals surface area (Å²) in [6.45, 7) is 0. The van der Waals surface area contributed by atoms with Crippen molar-refractivity contribution in [2.24, 2.45) is 0 Å². The fourth-order valence-electron chi connectivity index (χ4n) is 2.78. The second-order valence-electron chi connectivity index (χ2n) is 5.42. The maximum Gasteiger partial charge on any atom is 0.241 e. The number of hydrogen-bond acceptors (Lipinski definition) is 3. The highest BCUT2D eigenvalue weighted by Crippen LogP contribution is 2.26. The van der Waals surface area contributed by atoms with Crippen LogP contribution in [0.4, 0.5) is 0 Å². The first kappa shape index (κ1) is 14.8. The lowest BCUT2D eigenvalue weighted by atomic mass is 9.96. The Kier molecular flexibility index (Phi) is 4.15. The minimum atomic E-state index is -3.52. The molecule has 1 aromatic carbocycles. The van der Waals surface area contributed by atoms with Gasteiger partial charge in [0, 0.05) is 34.6 Å². The molecule has 1 heterocycles. The third-order valence-electron chi connectivity index (χ3n) is 3.91. The molecule has 1 aliphatic rings. The number of nitrogens with zero attached hydrogens (tertiary/aromatic N) is 1. The minimum absolute atomic E-state index is 0.0258. The molecule has 1 saturated carbocycles. The largest absolute Gasteiger partial charge is 0.264 e. The summed E-state index contributed by atoms with van der Waals surface area (Å²) in [7, 11) is -3.52. The molecule has 2 aromatic rings. The van der Waals surface area contributed by atoms with Crippen LogP contribution >= 0.6 is 11.6 Å². The fourth-order valence-corrected chi connectivity index (χ4v) is 4.57. The summed E-state index contributed by atoms with van der Waals surface area (Å²) in [5.41, 5.74) is 0. The summed E-state index contributed by atoms with van der Waals surface area (Å²) in [5.74, 6) is 0. The van der Waals surface area contributed by atoms with Crippen molar-refractivity contribution in [2.75, 3.05) is 0 Å². The quantitative estimate of drug-likeness (QED) is 0.883. The van der Waals surface area contributed by atoms with E-state index >= 15 is 0 Å². The van der Waals surface area contributed by atoms with Crippen LogP contribution < -0.4 is 4.72 Å². The number of rotatable bonds is 3. The molecule has 0 saturated heterocycles. The van der Waals surface area contributed by atoms with Gasteiger partial charge in [-0.3, -0.25) is 4.98 Å². The van der Waals surface area contributed by atoms with Gasteiger partial charge in [0.1, 0.15) is 0 Å². The summed E-state index contributed by atoms with van der Waals surface area (Å²) in [4.78, 5) is 4.35. The lowest BCUT2D eigenvalue weighted by molar-refractivity contribution is 0.416. The number of sulfonamides is 1. The first-order chi connectivity index (χ1) is 10.1. The highest BCUT2D eigenvalue weighted by molar-refractivity contribution is 7.89. The third-order valence-corrected chi connectivity index (χ3v) is 5.92. The predicted octanol–water partition coefficient (Wildman–Crippen LogP) is 3.06. The molecular formula is C15H17ClN2O2S. The van der Waals surface area contributed by atoms with Crippen molar-refractivity contribution < 1.29 is 8.42 Å². The first-order valence-electron chi connectivity index (χ1n) is 7.05. The molecule has 0 bridgehead atoms. The summed E-state index contributed by atoms with van der Waals surface area (Å²) >= 11 is 6.06. The lowest BCUT2D eigenvalue weighted by Crippen LogP contribution is -2.37. The normalized spacial score (nSPS) is 23.3. The van der Waals surface area contributed by atoms with Gasteiger partial charge in [0.25, 0.3) is 0 Å². The SMILES string of the molecule is O=S(=O)(NC1CCC(Cl)CC1)c1cccc2cnccc12. The van der Waals surface area contributed by atoms with Gasteiger partial charge in [-0.1, -0.05) is 12.1 Å². The number of hydrogen-bond donors (Lipinski definition) is 1. The van der Waals surface area contributed by atoms with Crippen LogP contribution in [-0.2, 0) is 10.0 Å². The summed E-state index contributed by atoms with van der Waals surface area (Å²) < 4.78 is 28.1. The maximum atomic E-state index is 12.6. The van der Waals surface area contributed by atoms with Gasteiger partial charge >= 0.3 is 0 Å². The van der Waals surface area contributed by atoms with Gasteiger partial charge in [0.15, 0.2) is 0 Å². The molecule has 1 aliphatic carbocycles. The predicted molar refractivity (Wildman–Crippen MR) is 84.0 cm³/mol. The zero-order valence-corrected chi connectivity index (χ0v) is 13.1. The van der Waals surface area contributed by atoms with Crippen LogP contribution in [0.15, 0.2) is 41.6 Å². The van der Waals surface area contributed by atoms with Crippen molar-refractivity contribution in [3.05, 3.63) is 36.7 Å². The molecule has 1 aromatic heterocycles. The van der Waals surface area contributed by atoms with Crippen LogP contribution in [0.3, 0.4) is 0 Å². The smallest absolute Gasteiger partial charge is 0.241 e. The van der Waals surface area contributed by atoms with E-state index in [1.165, 1.54) is 0 Å². The van der Waals surface area contributed by atoms with Gasteiger partial charge in [-0.15, -0.1) is 11.6 Å². The standard InChI is InChI=1S/C15H17ClN2O2S/c16-12-4-6-13(7-5-12)18-21(19,20)15-3-1-2-11-10-17-9-8-14(11)15/h1-3,8-10,12-13,18H,4-7H2. The Balaban J connectivity index is 1.90. The second kappa shape index (κ2) is 5.91. The number of fused-ring (bicyclic) bond motifs is 1. The highest BCUT2D eigenvalue weighted by atomic mass is 35.5. The molecule has 112 valence electrons. The van der Waals surface area contributed by atoms with E-state index in [1.54, 1.807) is 30.6 Å². The van der Waals surface area contributed by atoms with Crippen LogP contribution in [0.5, 0.6) is 0 Å². The fraction of sp³-hybridized carbons (Fsp3) is 0.400. The van der Waals surface area contributed by atoms with Crippen molar-refractivity contribution in [3.8, 4) is 0 Å². The minimum Gasteiger partial charge on any atom is -0.264 e. The molecule has 0 amide bonds. The zero-order chi connectivity index (χ0) is 14.9. The van der Waals surface area contributed by atoms with Gasteiger partial charge < -0.3 is 0 Å². The van der Waals surface area contributed by atoms with E-state index in [4.69, 9.17) is 11.6 Å². The second-order valence-corrected chi connectivity index (χ2v) is 7.72. The summed E-state index contributed by atoms with van der Waals surface area (Å²) in [6, 6.07) is 6.95. The lowest BCUT2D eigenvalue weighted by Gasteiger charge is -2.25. The zero-order valence-electron chi connectivity index (χ0n) is 11.5. The van der Waals surface area contributed by atoms with E-state index in [0.717, 1.165) is 31.1 Å². The molecule has 0 unspecified atom stereocenters. The molecule has 6 heteroatoms. The number of alkyl halides is 1. The molecule has 21 heavy (non-hydrogen) atoms. The van der Waals surface area contributed by atoms with E-state index in [0.29, 0.717) is 10.3 Å². The molecular weight excluding hydrogens is 308 g/mol. The molecule has 4 nitrogen and oxygen atoms in total. The van der Waals surface area contributed by atoms with Crippen molar-refractivity contribution in [3.63, 3.8) is 0 Å². The number of pyridine rings is 1. The van der Waals surface area contributed by atoms with Crippen molar-refractivity contribution in [1.29, 1.82) is 0 Å². The molecule has 0 radical (unpaired) electrons. The Labute approximate surface area is 129 Å². The van der Waals surface area contributed by atoms with Crippen LogP contribution in [0.25, 0.3) is 10.8 Å². The van der Waals surface area contributed by atoms with Crippen LogP contribution in [0.2, 0.25) is 0 Å². The van der Waals surface area contributed by atoms with Crippen molar-refractivity contribution in [2.45, 2.75) is 42.0 Å². The van der Waals surface area contributed by atoms with Crippen molar-refractivity contribution in [1.82, 2.24) is 9.71 Å². The topological polar surface area (TPSA) is 59.1 Å². The van der Waals surface area contributed by atoms with Gasteiger partial charge in [-0.2, -0.15) is 0 Å². The van der Waals surface area contributed by atoms with E-state index < -0.39 is 10.0 Å². The summed E-state index contributed by atoms with van der Waals surface area (Å²) in [5, 5.41) is 1.70. The monoisotopic (exact) mass is 324 g/mol. The number of halogens is 1. The number of aromatic nitrogens is 1. The average molecular weight is 325 g/mol. The third kappa shape index (κ3) is 3.20. The van der Waals surface area contributed by atoms with Gasteiger partial charge in [-0.25, -0.2) is 13.1 Å². The van der Waals surface area contributed by atoms with Gasteiger partial charge in [0.05, 0.1) is 4.90 Å². The Morgan fingerprint density at radius 1 is 1.14 bits per heavy atom. The highest BCUT2D eigenvalue weighted by Gasteiger charge is 2.25. The van der Waals surface area contributed by atoms with Gasteiger partial charge in [0.2, 0.25) is 10.0 Å². The van der Waals surface area contributed by atoms with Gasteiger partial charge in [-0.05, 0) is 37.8 Å². The van der Waals surface area contributed by atoms with E-state index in [1.807, 2.05) is 6.07 Å². The molecule has 0 aliphatic heterocycles. The molecule has 0 spiro atoms. The Morgan fingerprint density at radius 3 is 2.67 bits per heavy atom. The molecule has 3 rings (SSSR count). The Bertz CT molecular complexity index is 735. The maximum absolute atomic E-state index is 12.6. The molecule has 0 atom stereocenters. The van der Waals surface area contributed by atoms with Crippen LogP contribution in [0.1, 0.15) is 25.7 Å². The van der Waals surface area contributed by atoms with Crippen molar-refractivity contribution >= 4 is 32.4 Å². The number of nitrogens with one attached hydrogen (secondary N) is 1. The van der Waals surface area contributed by atoms with E-state index in [-0.39, 0.29) is 11.4 Å². The average Bonchev–Trinajstić information content (AvgIpc) is 2.49. The first-order valence-corrected chi connectivity index (χ1v) is 8.97. The summed E-state index contributed by atoms with van der Waals surface area (Å²) in [6.07, 6.45) is 6.58. The Hall–Kier alpha value is -1.17. The van der Waals surface area contributed by atoms with Crippen LogP contribution in [0, 0.1) is 0 Å². The molecule has 1 N–H and O–H groups in total. The number of benzene rings is 1. The van der Waals surface area contributed by atoms with Crippen LogP contribution in [-0.4, -0.2) is 24.8 Å².